The second-order valence-corrected chi connectivity index (χ2v) is 13.3. The van der Waals surface area contributed by atoms with Crippen LogP contribution < -0.4 is 16.0 Å². The highest BCUT2D eigenvalue weighted by Crippen LogP contribution is 2.38. The molecule has 0 atom stereocenters. The Bertz CT molecular complexity index is 1320. The van der Waals surface area contributed by atoms with E-state index in [4.69, 9.17) is 23.2 Å². The summed E-state index contributed by atoms with van der Waals surface area (Å²) in [5.41, 5.74) is -0.949. The highest BCUT2D eigenvalue weighted by atomic mass is 35.5. The average molecular weight is 627 g/mol. The lowest BCUT2D eigenvalue weighted by Gasteiger charge is -2.45. The molecular weight excluding hydrogens is 589 g/mol. The average Bonchev–Trinajstić information content (AvgIpc) is 3.28. The summed E-state index contributed by atoms with van der Waals surface area (Å²) in [6, 6.07) is 2.65. The molecule has 14 heteroatoms. The minimum Gasteiger partial charge on any atom is -0.353 e. The number of carbonyl (C=O) groups is 4. The van der Waals surface area contributed by atoms with Crippen LogP contribution in [0.25, 0.3) is 0 Å². The van der Waals surface area contributed by atoms with Gasteiger partial charge in [0.05, 0.1) is 17.9 Å². The molecule has 0 saturated carbocycles. The van der Waals surface area contributed by atoms with Gasteiger partial charge in [-0.25, -0.2) is 9.78 Å². The van der Waals surface area contributed by atoms with Crippen molar-refractivity contribution in [3.63, 3.8) is 0 Å². The summed E-state index contributed by atoms with van der Waals surface area (Å²) in [6.07, 6.45) is 1.41. The standard InChI is InChI=1S/C27H37Cl2N7O4S/c1-26(2,3)18-14-17(33-25(40)32-16-8-9-31-22(29)20(16)28)21(41-18)23(38)36-13-12-35(24(39)27(36,4)5)15-19(37)30-10-11-34(6)7/h8-9,14H,10-13,15H2,1-7H3,(H,30,37)(H2,31,32,33,40). The normalized spacial score (nSPS) is 15.2. The van der Waals surface area contributed by atoms with Gasteiger partial charge < -0.3 is 30.7 Å². The van der Waals surface area contributed by atoms with E-state index in [1.807, 2.05) is 39.8 Å². The SMILES string of the molecule is CN(C)CCNC(=O)CN1CCN(C(=O)c2sc(C(C)(C)C)cc2NC(=O)Nc2ccnc(Cl)c2Cl)C(C)(C)C1=O. The number of hydrogen-bond donors (Lipinski definition) is 3. The van der Waals surface area contributed by atoms with Crippen molar-refractivity contribution in [3.8, 4) is 0 Å². The Hall–Kier alpha value is -2.93. The first-order valence-electron chi connectivity index (χ1n) is 13.1. The second-order valence-electron chi connectivity index (χ2n) is 11.5. The maximum atomic E-state index is 14.0. The lowest BCUT2D eigenvalue weighted by molar-refractivity contribution is -0.149. The van der Waals surface area contributed by atoms with Gasteiger partial charge in [-0.15, -0.1) is 11.3 Å². The van der Waals surface area contributed by atoms with E-state index >= 15 is 0 Å². The van der Waals surface area contributed by atoms with E-state index in [9.17, 15) is 19.2 Å². The van der Waals surface area contributed by atoms with Gasteiger partial charge in [0.2, 0.25) is 11.8 Å². The number of rotatable bonds is 8. The molecule has 0 bridgehead atoms. The molecule has 2 aromatic heterocycles. The van der Waals surface area contributed by atoms with Crippen molar-refractivity contribution < 1.29 is 19.2 Å². The third-order valence-electron chi connectivity index (χ3n) is 6.55. The third-order valence-corrected chi connectivity index (χ3v) is 8.86. The van der Waals surface area contributed by atoms with E-state index in [1.54, 1.807) is 19.9 Å². The topological polar surface area (TPSA) is 127 Å². The molecule has 224 valence electrons. The lowest BCUT2D eigenvalue weighted by atomic mass is 9.94. The van der Waals surface area contributed by atoms with E-state index in [0.29, 0.717) is 23.7 Å². The highest BCUT2D eigenvalue weighted by Gasteiger charge is 2.45. The minimum absolute atomic E-state index is 0.0444. The monoisotopic (exact) mass is 625 g/mol. The van der Waals surface area contributed by atoms with Crippen LogP contribution in [-0.4, -0.2) is 95.8 Å². The Morgan fingerprint density at radius 1 is 1.12 bits per heavy atom. The minimum atomic E-state index is -1.22. The molecule has 1 aliphatic rings. The molecule has 1 fully saturated rings. The van der Waals surface area contributed by atoms with Gasteiger partial charge in [0.15, 0.2) is 0 Å². The van der Waals surface area contributed by atoms with Crippen molar-refractivity contribution in [3.05, 3.63) is 38.3 Å². The van der Waals surface area contributed by atoms with Crippen LogP contribution in [0.1, 0.15) is 49.2 Å². The van der Waals surface area contributed by atoms with Crippen molar-refractivity contribution in [1.29, 1.82) is 0 Å². The molecule has 1 saturated heterocycles. The molecule has 0 aromatic carbocycles. The number of aromatic nitrogens is 1. The summed E-state index contributed by atoms with van der Waals surface area (Å²) in [5, 5.41) is 8.34. The summed E-state index contributed by atoms with van der Waals surface area (Å²) in [6.45, 7) is 10.8. The molecular formula is C27H37Cl2N7O4S. The van der Waals surface area contributed by atoms with Gasteiger partial charge in [-0.3, -0.25) is 14.4 Å². The van der Waals surface area contributed by atoms with Crippen LogP contribution in [0.15, 0.2) is 18.3 Å². The van der Waals surface area contributed by atoms with Crippen LogP contribution in [0.3, 0.4) is 0 Å². The van der Waals surface area contributed by atoms with Gasteiger partial charge in [-0.05, 0) is 45.5 Å². The van der Waals surface area contributed by atoms with Crippen molar-refractivity contribution in [2.45, 2.75) is 45.6 Å². The third kappa shape index (κ3) is 7.88. The Kier molecular flexibility index (Phi) is 10.3. The van der Waals surface area contributed by atoms with E-state index in [2.05, 4.69) is 20.9 Å². The molecule has 0 radical (unpaired) electrons. The highest BCUT2D eigenvalue weighted by molar-refractivity contribution is 7.14. The molecule has 0 unspecified atom stereocenters. The number of nitrogens with one attached hydrogen (secondary N) is 3. The number of nitrogens with zero attached hydrogens (tertiary/aromatic N) is 4. The maximum Gasteiger partial charge on any atom is 0.323 e. The number of amides is 5. The zero-order valence-corrected chi connectivity index (χ0v) is 26.7. The van der Waals surface area contributed by atoms with Crippen LogP contribution in [0, 0.1) is 0 Å². The van der Waals surface area contributed by atoms with Crippen LogP contribution in [0.4, 0.5) is 16.2 Å². The van der Waals surface area contributed by atoms with Gasteiger partial charge in [-0.2, -0.15) is 0 Å². The van der Waals surface area contributed by atoms with Gasteiger partial charge in [0, 0.05) is 37.3 Å². The summed E-state index contributed by atoms with van der Waals surface area (Å²) in [5.74, 6) is -0.972. The fraction of sp³-hybridized carbons (Fsp3) is 0.519. The first-order chi connectivity index (χ1) is 19.0. The van der Waals surface area contributed by atoms with Crippen molar-refractivity contribution in [1.82, 2.24) is 25.0 Å². The van der Waals surface area contributed by atoms with Crippen LogP contribution in [0.2, 0.25) is 10.2 Å². The maximum absolute atomic E-state index is 14.0. The van der Waals surface area contributed by atoms with Crippen LogP contribution >= 0.6 is 34.5 Å². The van der Waals surface area contributed by atoms with Crippen molar-refractivity contribution in [2.75, 3.05) is 57.5 Å². The summed E-state index contributed by atoms with van der Waals surface area (Å²) >= 11 is 13.4. The number of hydrogen-bond acceptors (Lipinski definition) is 7. The van der Waals surface area contributed by atoms with Crippen LogP contribution in [-0.2, 0) is 15.0 Å². The number of halogens is 2. The van der Waals surface area contributed by atoms with E-state index in [0.717, 1.165) is 4.88 Å². The van der Waals surface area contributed by atoms with Gasteiger partial charge in [-0.1, -0.05) is 44.0 Å². The first-order valence-corrected chi connectivity index (χ1v) is 14.6. The van der Waals surface area contributed by atoms with E-state index < -0.39 is 11.6 Å². The number of carbonyl (C=O) groups excluding carboxylic acids is 4. The molecule has 3 heterocycles. The summed E-state index contributed by atoms with van der Waals surface area (Å²) in [7, 11) is 3.82. The van der Waals surface area contributed by atoms with Crippen LogP contribution in [0.5, 0.6) is 0 Å². The molecule has 3 rings (SSSR count). The molecule has 3 N–H and O–H groups in total. The molecule has 0 spiro atoms. The molecule has 2 aromatic rings. The van der Waals surface area contributed by atoms with E-state index in [1.165, 1.54) is 33.4 Å². The zero-order valence-electron chi connectivity index (χ0n) is 24.4. The number of thiophene rings is 1. The van der Waals surface area contributed by atoms with Gasteiger partial charge in [0.1, 0.15) is 20.6 Å². The Labute approximate surface area is 254 Å². The smallest absolute Gasteiger partial charge is 0.323 e. The first kappa shape index (κ1) is 32.6. The molecule has 41 heavy (non-hydrogen) atoms. The molecule has 5 amide bonds. The molecule has 0 aliphatic carbocycles. The summed E-state index contributed by atoms with van der Waals surface area (Å²) in [4.78, 5) is 62.7. The predicted octanol–water partition coefficient (Wildman–Crippen LogP) is 4.13. The fourth-order valence-corrected chi connectivity index (χ4v) is 5.62. The predicted molar refractivity (Wildman–Crippen MR) is 163 cm³/mol. The Morgan fingerprint density at radius 2 is 1.78 bits per heavy atom. The fourth-order valence-electron chi connectivity index (χ4n) is 4.18. The van der Waals surface area contributed by atoms with Gasteiger partial charge >= 0.3 is 6.03 Å². The number of urea groups is 1. The Balaban J connectivity index is 1.80. The van der Waals surface area contributed by atoms with Crippen molar-refractivity contribution >= 4 is 69.7 Å². The second kappa shape index (κ2) is 12.9. The summed E-state index contributed by atoms with van der Waals surface area (Å²) < 4.78 is 0. The number of likely N-dealkylation sites (N-methyl/N-ethyl adjacent to an activating group) is 1. The molecule has 1 aliphatic heterocycles. The number of pyridine rings is 1. The zero-order chi connectivity index (χ0) is 30.7. The van der Waals surface area contributed by atoms with Crippen molar-refractivity contribution in [2.24, 2.45) is 0 Å². The lowest BCUT2D eigenvalue weighted by Crippen LogP contribution is -2.65. The molecule has 11 nitrogen and oxygen atoms in total. The number of anilines is 2. The van der Waals surface area contributed by atoms with E-state index in [-0.39, 0.29) is 58.6 Å². The Morgan fingerprint density at radius 3 is 2.41 bits per heavy atom. The quantitative estimate of drug-likeness (QED) is 0.379. The number of piperazine rings is 1. The van der Waals surface area contributed by atoms with Gasteiger partial charge in [0.25, 0.3) is 5.91 Å². The largest absolute Gasteiger partial charge is 0.353 e.